The minimum atomic E-state index is -4.41. The first-order valence-corrected chi connectivity index (χ1v) is 6.79. The molecule has 0 saturated carbocycles. The topological polar surface area (TPSA) is 108 Å². The van der Waals surface area contributed by atoms with E-state index in [1.54, 1.807) is 6.92 Å². The van der Waals surface area contributed by atoms with Gasteiger partial charge in [0.2, 0.25) is 0 Å². The van der Waals surface area contributed by atoms with Gasteiger partial charge in [-0.2, -0.15) is 8.42 Å². The number of carbonyl (C=O) groups is 1. The molecule has 0 aliphatic heterocycles. The minimum Gasteiger partial charge on any atom is -0.460 e. The highest BCUT2D eigenvalue weighted by molar-refractivity contribution is 7.80. The lowest BCUT2D eigenvalue weighted by atomic mass is 10.4. The predicted molar refractivity (Wildman–Crippen MR) is 64.9 cm³/mol. The average Bonchev–Trinajstić information content (AvgIpc) is 2.29. The summed E-state index contributed by atoms with van der Waals surface area (Å²) in [5, 5.41) is 0. The summed E-state index contributed by atoms with van der Waals surface area (Å²) in [6, 6.07) is 0. The molecule has 112 valence electrons. The van der Waals surface area contributed by atoms with Crippen LogP contribution < -0.4 is 0 Å². The monoisotopic (exact) mass is 298 g/mol. The van der Waals surface area contributed by atoms with Crippen molar-refractivity contribution in [1.82, 2.24) is 0 Å². The van der Waals surface area contributed by atoms with E-state index in [1.807, 2.05) is 0 Å². The third-order valence-corrected chi connectivity index (χ3v) is 2.11. The lowest BCUT2D eigenvalue weighted by molar-refractivity contribution is -0.140. The van der Waals surface area contributed by atoms with Gasteiger partial charge < -0.3 is 14.2 Å². The number of hydrogen-bond acceptors (Lipinski definition) is 7. The zero-order chi connectivity index (χ0) is 14.7. The fraction of sp³-hybridized carbons (Fsp3) is 0.700. The Morgan fingerprint density at radius 3 is 2.00 bits per heavy atom. The summed E-state index contributed by atoms with van der Waals surface area (Å²) in [6.45, 7) is 5.54. The van der Waals surface area contributed by atoms with Gasteiger partial charge in [-0.3, -0.25) is 4.55 Å². The Bertz CT molecular complexity index is 375. The maximum Gasteiger partial charge on any atom is 0.397 e. The molecule has 0 heterocycles. The Balaban J connectivity index is 3.24. The third kappa shape index (κ3) is 13.2. The fourth-order valence-electron chi connectivity index (χ4n) is 0.837. The summed E-state index contributed by atoms with van der Waals surface area (Å²) >= 11 is 0. The molecule has 0 fully saturated rings. The largest absolute Gasteiger partial charge is 0.460 e. The zero-order valence-corrected chi connectivity index (χ0v) is 11.5. The van der Waals surface area contributed by atoms with Crippen LogP contribution in [0.25, 0.3) is 0 Å². The lowest BCUT2D eigenvalue weighted by Crippen LogP contribution is -2.15. The fourth-order valence-corrected chi connectivity index (χ4v) is 1.12. The van der Waals surface area contributed by atoms with Crippen molar-refractivity contribution in [1.29, 1.82) is 0 Å². The Morgan fingerprint density at radius 1 is 1.05 bits per heavy atom. The molecule has 8 nitrogen and oxygen atoms in total. The molecule has 0 aromatic heterocycles. The second-order valence-corrected chi connectivity index (χ2v) is 4.48. The van der Waals surface area contributed by atoms with Crippen LogP contribution in [0.4, 0.5) is 0 Å². The van der Waals surface area contributed by atoms with Crippen molar-refractivity contribution in [2.75, 3.05) is 39.6 Å². The Labute approximate surface area is 112 Å². The van der Waals surface area contributed by atoms with E-state index in [9.17, 15) is 13.2 Å². The standard InChI is InChI=1S/C10H18O8S/c1-9(2)10(11)17-7-5-15-3-4-16-6-8-18-19(12,13)14/h1,3-8H2,2H3,(H,12,13,14). The Morgan fingerprint density at radius 2 is 1.53 bits per heavy atom. The van der Waals surface area contributed by atoms with Crippen LogP contribution in [0.1, 0.15) is 6.92 Å². The summed E-state index contributed by atoms with van der Waals surface area (Å²) in [5.41, 5.74) is 0.321. The van der Waals surface area contributed by atoms with E-state index in [4.69, 9.17) is 18.8 Å². The van der Waals surface area contributed by atoms with Crippen LogP contribution >= 0.6 is 0 Å². The highest BCUT2D eigenvalue weighted by atomic mass is 32.3. The summed E-state index contributed by atoms with van der Waals surface area (Å²) in [6.07, 6.45) is 0. The van der Waals surface area contributed by atoms with Crippen molar-refractivity contribution < 1.29 is 36.2 Å². The molecule has 1 N–H and O–H groups in total. The molecule has 0 aliphatic rings. The number of carbonyl (C=O) groups excluding carboxylic acids is 1. The second kappa shape index (κ2) is 9.87. The van der Waals surface area contributed by atoms with Gasteiger partial charge in [-0.05, 0) is 6.92 Å². The van der Waals surface area contributed by atoms with E-state index in [0.29, 0.717) is 5.57 Å². The van der Waals surface area contributed by atoms with Crippen LogP contribution in [0.15, 0.2) is 12.2 Å². The van der Waals surface area contributed by atoms with Crippen molar-refractivity contribution in [2.45, 2.75) is 6.92 Å². The first-order chi connectivity index (χ1) is 8.83. The summed E-state index contributed by atoms with van der Waals surface area (Å²) < 4.78 is 47.3. The quantitative estimate of drug-likeness (QED) is 0.245. The van der Waals surface area contributed by atoms with Gasteiger partial charge in [-0.25, -0.2) is 8.98 Å². The van der Waals surface area contributed by atoms with Crippen LogP contribution in [-0.4, -0.2) is 58.6 Å². The molecule has 0 spiro atoms. The van der Waals surface area contributed by atoms with E-state index in [2.05, 4.69) is 10.8 Å². The van der Waals surface area contributed by atoms with Crippen LogP contribution in [-0.2, 0) is 33.6 Å². The van der Waals surface area contributed by atoms with Crippen molar-refractivity contribution in [3.05, 3.63) is 12.2 Å². The van der Waals surface area contributed by atoms with Gasteiger partial charge in [0.15, 0.2) is 0 Å². The van der Waals surface area contributed by atoms with Crippen molar-refractivity contribution in [2.24, 2.45) is 0 Å². The summed E-state index contributed by atoms with van der Waals surface area (Å²) in [7, 11) is -4.41. The lowest BCUT2D eigenvalue weighted by Gasteiger charge is -2.06. The molecule has 0 saturated heterocycles. The molecule has 0 aromatic carbocycles. The van der Waals surface area contributed by atoms with E-state index in [1.165, 1.54) is 0 Å². The predicted octanol–water partition coefficient (Wildman–Crippen LogP) is -0.0417. The Hall–Kier alpha value is -1.00. The van der Waals surface area contributed by atoms with Crippen molar-refractivity contribution >= 4 is 16.4 Å². The molecular formula is C10H18O8S. The maximum atomic E-state index is 10.9. The molecule has 0 rings (SSSR count). The first-order valence-electron chi connectivity index (χ1n) is 5.43. The van der Waals surface area contributed by atoms with Gasteiger partial charge >= 0.3 is 16.4 Å². The minimum absolute atomic E-state index is 0.00773. The Kier molecular flexibility index (Phi) is 9.35. The molecule has 0 radical (unpaired) electrons. The van der Waals surface area contributed by atoms with Gasteiger partial charge in [0.1, 0.15) is 6.61 Å². The number of esters is 1. The molecule has 0 bridgehead atoms. The number of rotatable bonds is 11. The molecule has 0 aromatic rings. The maximum absolute atomic E-state index is 10.9. The molecule has 0 atom stereocenters. The van der Waals surface area contributed by atoms with Crippen LogP contribution in [0.5, 0.6) is 0 Å². The smallest absolute Gasteiger partial charge is 0.397 e. The van der Waals surface area contributed by atoms with Crippen LogP contribution in [0.2, 0.25) is 0 Å². The van der Waals surface area contributed by atoms with E-state index in [0.717, 1.165) is 0 Å². The van der Waals surface area contributed by atoms with E-state index in [-0.39, 0.29) is 39.6 Å². The van der Waals surface area contributed by atoms with E-state index >= 15 is 0 Å². The van der Waals surface area contributed by atoms with Crippen molar-refractivity contribution in [3.63, 3.8) is 0 Å². The van der Waals surface area contributed by atoms with Gasteiger partial charge in [0.05, 0.1) is 33.0 Å². The summed E-state index contributed by atoms with van der Waals surface area (Å²) in [5.74, 6) is -0.470. The molecule has 19 heavy (non-hydrogen) atoms. The third-order valence-electron chi connectivity index (χ3n) is 1.64. The van der Waals surface area contributed by atoms with Crippen LogP contribution in [0.3, 0.4) is 0 Å². The normalized spacial score (nSPS) is 11.3. The zero-order valence-electron chi connectivity index (χ0n) is 10.7. The van der Waals surface area contributed by atoms with Crippen LogP contribution in [0, 0.1) is 0 Å². The van der Waals surface area contributed by atoms with Gasteiger partial charge in [-0.15, -0.1) is 0 Å². The molecule has 0 amide bonds. The molecule has 0 aliphatic carbocycles. The van der Waals surface area contributed by atoms with E-state index < -0.39 is 16.4 Å². The molecular weight excluding hydrogens is 280 g/mol. The average molecular weight is 298 g/mol. The highest BCUT2D eigenvalue weighted by Crippen LogP contribution is 1.91. The molecule has 0 unspecified atom stereocenters. The number of ether oxygens (including phenoxy) is 3. The second-order valence-electron chi connectivity index (χ2n) is 3.39. The van der Waals surface area contributed by atoms with Crippen molar-refractivity contribution in [3.8, 4) is 0 Å². The van der Waals surface area contributed by atoms with Gasteiger partial charge in [0.25, 0.3) is 0 Å². The summed E-state index contributed by atoms with van der Waals surface area (Å²) in [4.78, 5) is 10.9. The first kappa shape index (κ1) is 18.0. The number of hydrogen-bond donors (Lipinski definition) is 1. The molecule has 9 heteroatoms. The highest BCUT2D eigenvalue weighted by Gasteiger charge is 2.03. The van der Waals surface area contributed by atoms with Gasteiger partial charge in [-0.1, -0.05) is 6.58 Å². The SMILES string of the molecule is C=C(C)C(=O)OCCOCCOCCOS(=O)(=O)O. The van der Waals surface area contributed by atoms with Gasteiger partial charge in [0, 0.05) is 5.57 Å².